The van der Waals surface area contributed by atoms with Gasteiger partial charge in [0, 0.05) is 25.6 Å². The maximum absolute atomic E-state index is 13.3. The van der Waals surface area contributed by atoms with Gasteiger partial charge in [-0.2, -0.15) is 0 Å². The van der Waals surface area contributed by atoms with Crippen molar-refractivity contribution in [1.29, 1.82) is 0 Å². The monoisotopic (exact) mass is 249 g/mol. The van der Waals surface area contributed by atoms with Gasteiger partial charge >= 0.3 is 0 Å². The van der Waals surface area contributed by atoms with Crippen LogP contribution < -0.4 is 4.90 Å². The highest BCUT2D eigenvalue weighted by atomic mass is 19.1. The molecule has 0 atom stereocenters. The Kier molecular flexibility index (Phi) is 4.04. The van der Waals surface area contributed by atoms with Crippen LogP contribution in [0.25, 0.3) is 10.9 Å². The van der Waals surface area contributed by atoms with Gasteiger partial charge < -0.3 is 9.64 Å². The van der Waals surface area contributed by atoms with Crippen molar-refractivity contribution in [2.45, 2.75) is 6.92 Å². The molecule has 0 spiro atoms. The van der Waals surface area contributed by atoms with Gasteiger partial charge in [0.05, 0.1) is 12.1 Å². The van der Waals surface area contributed by atoms with E-state index in [1.165, 1.54) is 18.5 Å². The fourth-order valence-corrected chi connectivity index (χ4v) is 1.77. The van der Waals surface area contributed by atoms with E-state index in [0.717, 1.165) is 16.7 Å². The Labute approximate surface area is 105 Å². The summed E-state index contributed by atoms with van der Waals surface area (Å²) in [6, 6.07) is 4.52. The SMILES string of the molecule is CCOCCN(C)c1ncnc2ccc(F)cc12. The minimum absolute atomic E-state index is 0.281. The van der Waals surface area contributed by atoms with Crippen molar-refractivity contribution in [3.63, 3.8) is 0 Å². The molecule has 1 aromatic carbocycles. The normalized spacial score (nSPS) is 10.8. The largest absolute Gasteiger partial charge is 0.380 e. The Morgan fingerprint density at radius 1 is 1.33 bits per heavy atom. The van der Waals surface area contributed by atoms with Crippen LogP contribution in [0, 0.1) is 5.82 Å². The van der Waals surface area contributed by atoms with Gasteiger partial charge in [0.1, 0.15) is 18.0 Å². The van der Waals surface area contributed by atoms with Crippen LogP contribution in [0.5, 0.6) is 0 Å². The molecule has 0 unspecified atom stereocenters. The topological polar surface area (TPSA) is 38.2 Å². The molecule has 0 saturated heterocycles. The first kappa shape index (κ1) is 12.7. The fraction of sp³-hybridized carbons (Fsp3) is 0.385. The first-order valence-electron chi connectivity index (χ1n) is 5.91. The third kappa shape index (κ3) is 2.73. The molecule has 4 nitrogen and oxygen atoms in total. The summed E-state index contributed by atoms with van der Waals surface area (Å²) >= 11 is 0. The quantitative estimate of drug-likeness (QED) is 0.762. The van der Waals surface area contributed by atoms with Crippen LogP contribution >= 0.6 is 0 Å². The molecule has 0 aliphatic rings. The lowest BCUT2D eigenvalue weighted by molar-refractivity contribution is 0.154. The van der Waals surface area contributed by atoms with E-state index in [9.17, 15) is 4.39 Å². The molecule has 18 heavy (non-hydrogen) atoms. The molecule has 96 valence electrons. The minimum Gasteiger partial charge on any atom is -0.380 e. The second kappa shape index (κ2) is 5.73. The second-order valence-electron chi connectivity index (χ2n) is 3.98. The number of benzene rings is 1. The minimum atomic E-state index is -0.281. The molecule has 2 aromatic rings. The lowest BCUT2D eigenvalue weighted by Crippen LogP contribution is -2.23. The highest BCUT2D eigenvalue weighted by molar-refractivity contribution is 5.89. The lowest BCUT2D eigenvalue weighted by atomic mass is 10.2. The zero-order valence-corrected chi connectivity index (χ0v) is 10.6. The average Bonchev–Trinajstić information content (AvgIpc) is 2.38. The Bertz CT molecular complexity index is 533. The summed E-state index contributed by atoms with van der Waals surface area (Å²) in [4.78, 5) is 10.3. The molecule has 0 aliphatic heterocycles. The van der Waals surface area contributed by atoms with E-state index in [-0.39, 0.29) is 5.82 Å². The Hall–Kier alpha value is -1.75. The van der Waals surface area contributed by atoms with Crippen molar-refractivity contribution >= 4 is 16.7 Å². The maximum Gasteiger partial charge on any atom is 0.139 e. The summed E-state index contributed by atoms with van der Waals surface area (Å²) in [5.74, 6) is 0.441. The van der Waals surface area contributed by atoms with E-state index >= 15 is 0 Å². The van der Waals surface area contributed by atoms with Crippen LogP contribution in [0.3, 0.4) is 0 Å². The van der Waals surface area contributed by atoms with Gasteiger partial charge in [0.25, 0.3) is 0 Å². The van der Waals surface area contributed by atoms with Crippen LogP contribution in [0.2, 0.25) is 0 Å². The van der Waals surface area contributed by atoms with Gasteiger partial charge in [-0.25, -0.2) is 14.4 Å². The molecule has 1 heterocycles. The third-order valence-corrected chi connectivity index (χ3v) is 2.71. The first-order valence-corrected chi connectivity index (χ1v) is 5.91. The zero-order valence-electron chi connectivity index (χ0n) is 10.6. The van der Waals surface area contributed by atoms with E-state index in [1.807, 2.05) is 18.9 Å². The van der Waals surface area contributed by atoms with Crippen LogP contribution in [-0.4, -0.2) is 36.8 Å². The predicted molar refractivity (Wildman–Crippen MR) is 69.3 cm³/mol. The van der Waals surface area contributed by atoms with Crippen molar-refractivity contribution in [3.8, 4) is 0 Å². The molecule has 1 aromatic heterocycles. The number of fused-ring (bicyclic) bond motifs is 1. The summed E-state index contributed by atoms with van der Waals surface area (Å²) in [6.07, 6.45) is 1.49. The van der Waals surface area contributed by atoms with Crippen LogP contribution in [-0.2, 0) is 4.74 Å². The van der Waals surface area contributed by atoms with Crippen LogP contribution in [0.15, 0.2) is 24.5 Å². The Morgan fingerprint density at radius 3 is 2.94 bits per heavy atom. The number of anilines is 1. The van der Waals surface area contributed by atoms with E-state index in [0.29, 0.717) is 19.8 Å². The Balaban J connectivity index is 2.29. The number of ether oxygens (including phenoxy) is 1. The second-order valence-corrected chi connectivity index (χ2v) is 3.98. The fourth-order valence-electron chi connectivity index (χ4n) is 1.77. The van der Waals surface area contributed by atoms with Gasteiger partial charge in [0.15, 0.2) is 0 Å². The number of hydrogen-bond donors (Lipinski definition) is 0. The molecule has 0 saturated carbocycles. The summed E-state index contributed by atoms with van der Waals surface area (Å²) in [6.45, 7) is 3.97. The standard InChI is InChI=1S/C13H16FN3O/c1-3-18-7-6-17(2)13-11-8-10(14)4-5-12(11)15-9-16-13/h4-5,8-9H,3,6-7H2,1-2H3. The number of aromatic nitrogens is 2. The van der Waals surface area contributed by atoms with Gasteiger partial charge in [-0.1, -0.05) is 0 Å². The highest BCUT2D eigenvalue weighted by Crippen LogP contribution is 2.22. The number of halogens is 1. The van der Waals surface area contributed by atoms with Crippen molar-refractivity contribution in [1.82, 2.24) is 9.97 Å². The lowest BCUT2D eigenvalue weighted by Gasteiger charge is -2.19. The molecule has 0 aliphatic carbocycles. The molecule has 0 bridgehead atoms. The van der Waals surface area contributed by atoms with Crippen LogP contribution in [0.1, 0.15) is 6.92 Å². The number of likely N-dealkylation sites (N-methyl/N-ethyl adjacent to an activating group) is 1. The van der Waals surface area contributed by atoms with Crippen molar-refractivity contribution in [2.75, 3.05) is 31.7 Å². The van der Waals surface area contributed by atoms with Gasteiger partial charge in [0.2, 0.25) is 0 Å². The Morgan fingerprint density at radius 2 is 2.17 bits per heavy atom. The van der Waals surface area contributed by atoms with Crippen LogP contribution in [0.4, 0.5) is 10.2 Å². The summed E-state index contributed by atoms with van der Waals surface area (Å²) in [5, 5.41) is 0.719. The van der Waals surface area contributed by atoms with Gasteiger partial charge in [-0.05, 0) is 25.1 Å². The van der Waals surface area contributed by atoms with E-state index in [1.54, 1.807) is 6.07 Å². The molecule has 0 amide bonds. The highest BCUT2D eigenvalue weighted by Gasteiger charge is 2.09. The van der Waals surface area contributed by atoms with Gasteiger partial charge in [-0.15, -0.1) is 0 Å². The molecule has 0 N–H and O–H groups in total. The maximum atomic E-state index is 13.3. The molecular weight excluding hydrogens is 233 g/mol. The predicted octanol–water partition coefficient (Wildman–Crippen LogP) is 2.24. The van der Waals surface area contributed by atoms with Gasteiger partial charge in [-0.3, -0.25) is 0 Å². The third-order valence-electron chi connectivity index (χ3n) is 2.71. The number of nitrogens with zero attached hydrogens (tertiary/aromatic N) is 3. The molecule has 2 rings (SSSR count). The molecule has 0 radical (unpaired) electrons. The summed E-state index contributed by atoms with van der Waals surface area (Å²) in [5.41, 5.74) is 0.740. The molecular formula is C13H16FN3O. The van der Waals surface area contributed by atoms with E-state index in [2.05, 4.69) is 9.97 Å². The molecule has 0 fully saturated rings. The van der Waals surface area contributed by atoms with E-state index in [4.69, 9.17) is 4.74 Å². The summed E-state index contributed by atoms with van der Waals surface area (Å²) in [7, 11) is 1.91. The zero-order chi connectivity index (χ0) is 13.0. The number of rotatable bonds is 5. The summed E-state index contributed by atoms with van der Waals surface area (Å²) < 4.78 is 18.6. The average molecular weight is 249 g/mol. The van der Waals surface area contributed by atoms with Crippen molar-refractivity contribution in [2.24, 2.45) is 0 Å². The smallest absolute Gasteiger partial charge is 0.139 e. The molecule has 5 heteroatoms. The van der Waals surface area contributed by atoms with Crippen molar-refractivity contribution in [3.05, 3.63) is 30.3 Å². The number of hydrogen-bond acceptors (Lipinski definition) is 4. The van der Waals surface area contributed by atoms with Crippen molar-refractivity contribution < 1.29 is 9.13 Å². The van der Waals surface area contributed by atoms with E-state index < -0.39 is 0 Å². The first-order chi connectivity index (χ1) is 8.72.